The van der Waals surface area contributed by atoms with Gasteiger partial charge in [0.1, 0.15) is 0 Å². The first-order valence-electron chi connectivity index (χ1n) is 9.77. The van der Waals surface area contributed by atoms with Crippen LogP contribution in [0.25, 0.3) is 0 Å². The molecule has 0 unspecified atom stereocenters. The molecule has 3 amide bonds. The van der Waals surface area contributed by atoms with Crippen LogP contribution in [0.1, 0.15) is 43.6 Å². The lowest BCUT2D eigenvalue weighted by Gasteiger charge is -2.14. The Kier molecular flexibility index (Phi) is 5.60. The number of aryl methyl sites for hydroxylation is 1. The normalized spacial score (nSPS) is 12.5. The van der Waals surface area contributed by atoms with Crippen molar-refractivity contribution in [3.8, 4) is 0 Å². The molecule has 0 saturated heterocycles. The Bertz CT molecular complexity index is 1190. The van der Waals surface area contributed by atoms with Crippen LogP contribution in [0.4, 0.5) is 11.4 Å². The number of hydrogen-bond acceptors (Lipinski definition) is 4. The Hall–Kier alpha value is -3.84. The zero-order chi connectivity index (χ0) is 22.0. The Balaban J connectivity index is 1.53. The van der Waals surface area contributed by atoms with Crippen molar-refractivity contribution in [3.63, 3.8) is 0 Å². The van der Waals surface area contributed by atoms with Gasteiger partial charge in [0.25, 0.3) is 17.7 Å². The quantitative estimate of drug-likeness (QED) is 0.481. The smallest absolute Gasteiger partial charge is 0.268 e. The molecule has 154 valence electrons. The number of amides is 3. The number of benzene rings is 3. The van der Waals surface area contributed by atoms with E-state index >= 15 is 0 Å². The van der Waals surface area contributed by atoms with Crippen LogP contribution in [0.5, 0.6) is 0 Å². The van der Waals surface area contributed by atoms with Crippen LogP contribution in [0.15, 0.2) is 72.8 Å². The van der Waals surface area contributed by atoms with Crippen LogP contribution < -0.4 is 15.5 Å². The molecule has 1 aliphatic heterocycles. The highest BCUT2D eigenvalue weighted by Gasteiger charge is 2.38. The van der Waals surface area contributed by atoms with Crippen LogP contribution >= 0.6 is 12.2 Å². The summed E-state index contributed by atoms with van der Waals surface area (Å²) in [5.41, 5.74) is 2.96. The molecular weight excluding hydrogens is 410 g/mol. The van der Waals surface area contributed by atoms with Gasteiger partial charge < -0.3 is 5.32 Å². The van der Waals surface area contributed by atoms with E-state index in [9.17, 15) is 14.4 Å². The fourth-order valence-corrected chi connectivity index (χ4v) is 3.62. The number of anilines is 2. The van der Waals surface area contributed by atoms with E-state index in [1.165, 1.54) is 0 Å². The molecule has 1 aliphatic rings. The topological polar surface area (TPSA) is 78.5 Å². The molecule has 6 nitrogen and oxygen atoms in total. The summed E-state index contributed by atoms with van der Waals surface area (Å²) < 4.78 is 0. The summed E-state index contributed by atoms with van der Waals surface area (Å²) >= 11 is 5.27. The lowest BCUT2D eigenvalue weighted by Crippen LogP contribution is -2.34. The van der Waals surface area contributed by atoms with Gasteiger partial charge in [-0.1, -0.05) is 43.3 Å². The van der Waals surface area contributed by atoms with Gasteiger partial charge in [-0.3, -0.25) is 19.7 Å². The summed E-state index contributed by atoms with van der Waals surface area (Å²) in [6, 6.07) is 20.9. The number of carbonyl (C=O) groups is 3. The molecule has 0 fully saturated rings. The summed E-state index contributed by atoms with van der Waals surface area (Å²) in [6.07, 6.45) is 0.883. The highest BCUT2D eigenvalue weighted by molar-refractivity contribution is 7.80. The number of nitrogens with one attached hydrogen (secondary N) is 2. The van der Waals surface area contributed by atoms with Crippen LogP contribution in [0, 0.1) is 0 Å². The number of nitrogens with zero attached hydrogens (tertiary/aromatic N) is 1. The number of hydrogen-bond donors (Lipinski definition) is 2. The van der Waals surface area contributed by atoms with Crippen LogP contribution in [-0.2, 0) is 6.42 Å². The van der Waals surface area contributed by atoms with Crippen molar-refractivity contribution in [1.29, 1.82) is 0 Å². The van der Waals surface area contributed by atoms with Gasteiger partial charge in [0, 0.05) is 5.56 Å². The molecule has 0 saturated carbocycles. The summed E-state index contributed by atoms with van der Waals surface area (Å²) in [5.74, 6) is -1.21. The van der Waals surface area contributed by atoms with Crippen molar-refractivity contribution in [2.24, 2.45) is 0 Å². The van der Waals surface area contributed by atoms with E-state index in [1.54, 1.807) is 54.6 Å². The van der Waals surface area contributed by atoms with Gasteiger partial charge in [0.2, 0.25) is 0 Å². The van der Waals surface area contributed by atoms with Gasteiger partial charge in [-0.2, -0.15) is 0 Å². The Labute approximate surface area is 184 Å². The molecule has 3 aromatic rings. The zero-order valence-electron chi connectivity index (χ0n) is 16.7. The number of fused-ring (bicyclic) bond motifs is 1. The summed E-state index contributed by atoms with van der Waals surface area (Å²) in [4.78, 5) is 39.5. The van der Waals surface area contributed by atoms with Crippen LogP contribution in [0.2, 0.25) is 0 Å². The van der Waals surface area contributed by atoms with Gasteiger partial charge in [-0.15, -0.1) is 0 Å². The van der Waals surface area contributed by atoms with E-state index < -0.39 is 11.8 Å². The molecule has 3 aromatic carbocycles. The predicted molar refractivity (Wildman–Crippen MR) is 124 cm³/mol. The minimum atomic E-state index is -0.446. The van der Waals surface area contributed by atoms with E-state index in [2.05, 4.69) is 10.6 Å². The first kappa shape index (κ1) is 20.4. The fraction of sp³-hybridized carbons (Fsp3) is 0.0833. The van der Waals surface area contributed by atoms with Crippen LogP contribution in [-0.4, -0.2) is 22.8 Å². The maximum atomic E-state index is 13.0. The lowest BCUT2D eigenvalue weighted by molar-refractivity contribution is 0.0924. The lowest BCUT2D eigenvalue weighted by atomic mass is 10.1. The highest BCUT2D eigenvalue weighted by Crippen LogP contribution is 2.32. The molecule has 7 heteroatoms. The van der Waals surface area contributed by atoms with E-state index in [1.807, 2.05) is 25.1 Å². The molecule has 0 aliphatic carbocycles. The fourth-order valence-electron chi connectivity index (χ4n) is 3.42. The number of imide groups is 1. The van der Waals surface area contributed by atoms with E-state index in [0.717, 1.165) is 16.9 Å². The average Bonchev–Trinajstić information content (AvgIpc) is 3.05. The molecule has 0 bridgehead atoms. The summed E-state index contributed by atoms with van der Waals surface area (Å²) in [7, 11) is 0. The molecule has 0 spiro atoms. The number of thiocarbonyl (C=S) groups is 1. The van der Waals surface area contributed by atoms with E-state index in [-0.39, 0.29) is 22.1 Å². The largest absolute Gasteiger partial charge is 0.332 e. The molecule has 31 heavy (non-hydrogen) atoms. The van der Waals surface area contributed by atoms with E-state index in [0.29, 0.717) is 16.9 Å². The predicted octanol–water partition coefficient (Wildman–Crippen LogP) is 4.18. The standard InChI is InChI=1S/C24H19N3O3S/c1-2-15-11-13-16(14-12-15)21(28)26-24(31)25-19-10-6-9-18-20(19)23(30)27(22(18)29)17-7-4-3-5-8-17/h3-14H,2H2,1H3,(H2,25,26,28,31). The molecule has 0 atom stereocenters. The second-order valence-electron chi connectivity index (χ2n) is 6.97. The minimum Gasteiger partial charge on any atom is -0.332 e. The van der Waals surface area contributed by atoms with Crippen molar-refractivity contribution >= 4 is 46.4 Å². The zero-order valence-corrected chi connectivity index (χ0v) is 17.5. The first-order valence-corrected chi connectivity index (χ1v) is 10.2. The molecule has 1 heterocycles. The Morgan fingerprint density at radius 2 is 1.61 bits per heavy atom. The maximum absolute atomic E-state index is 13.0. The number of carbonyl (C=O) groups excluding carboxylic acids is 3. The van der Waals surface area contributed by atoms with E-state index in [4.69, 9.17) is 12.2 Å². The molecule has 0 aromatic heterocycles. The summed E-state index contributed by atoms with van der Waals surface area (Å²) in [5, 5.41) is 5.54. The van der Waals surface area contributed by atoms with Gasteiger partial charge in [0.05, 0.1) is 22.5 Å². The van der Waals surface area contributed by atoms with Crippen molar-refractivity contribution in [2.75, 3.05) is 10.2 Å². The van der Waals surface area contributed by atoms with Gasteiger partial charge in [-0.25, -0.2) is 4.90 Å². The molecular formula is C24H19N3O3S. The van der Waals surface area contributed by atoms with Crippen molar-refractivity contribution in [1.82, 2.24) is 5.32 Å². The van der Waals surface area contributed by atoms with Crippen molar-refractivity contribution < 1.29 is 14.4 Å². The molecule has 0 radical (unpaired) electrons. The Morgan fingerprint density at radius 1 is 0.903 bits per heavy atom. The summed E-state index contributed by atoms with van der Waals surface area (Å²) in [6.45, 7) is 2.04. The minimum absolute atomic E-state index is 0.0383. The maximum Gasteiger partial charge on any atom is 0.268 e. The van der Waals surface area contributed by atoms with Gasteiger partial charge in [0.15, 0.2) is 5.11 Å². The van der Waals surface area contributed by atoms with Gasteiger partial charge >= 0.3 is 0 Å². The second-order valence-corrected chi connectivity index (χ2v) is 7.38. The molecule has 2 N–H and O–H groups in total. The van der Waals surface area contributed by atoms with Crippen LogP contribution in [0.3, 0.4) is 0 Å². The highest BCUT2D eigenvalue weighted by atomic mass is 32.1. The average molecular weight is 430 g/mol. The SMILES string of the molecule is CCc1ccc(C(=O)NC(=S)Nc2cccc3c2C(=O)N(c2ccccc2)C3=O)cc1. The third kappa shape index (κ3) is 3.95. The molecule has 4 rings (SSSR count). The second kappa shape index (κ2) is 8.49. The van der Waals surface area contributed by atoms with Crippen molar-refractivity contribution in [3.05, 3.63) is 95.1 Å². The Morgan fingerprint density at radius 3 is 2.29 bits per heavy atom. The van der Waals surface area contributed by atoms with Gasteiger partial charge in [-0.05, 0) is 60.6 Å². The first-order chi connectivity index (χ1) is 15.0. The third-order valence-corrected chi connectivity index (χ3v) is 5.23. The van der Waals surface area contributed by atoms with Crippen molar-refractivity contribution in [2.45, 2.75) is 13.3 Å². The number of para-hydroxylation sites is 1. The third-order valence-electron chi connectivity index (χ3n) is 5.03. The number of rotatable bonds is 4. The monoisotopic (exact) mass is 429 g/mol.